The first-order valence-corrected chi connectivity index (χ1v) is 7.82. The number of carboxylic acids is 1. The molecule has 24 heavy (non-hydrogen) atoms. The normalized spacial score (nSPS) is 11.0. The van der Waals surface area contributed by atoms with Crippen molar-refractivity contribution < 1.29 is 9.90 Å². The summed E-state index contributed by atoms with van der Waals surface area (Å²) >= 11 is 0. The van der Waals surface area contributed by atoms with Gasteiger partial charge in [0, 0.05) is 23.7 Å². The second-order valence-corrected chi connectivity index (χ2v) is 5.37. The lowest BCUT2D eigenvalue weighted by Crippen LogP contribution is -2.17. The van der Waals surface area contributed by atoms with Crippen LogP contribution in [0.4, 0.5) is 11.5 Å². The second kappa shape index (κ2) is 6.96. The first-order chi connectivity index (χ1) is 11.7. The third kappa shape index (κ3) is 3.43. The van der Waals surface area contributed by atoms with Gasteiger partial charge in [-0.25, -0.2) is 9.78 Å². The van der Waals surface area contributed by atoms with Gasteiger partial charge in [-0.05, 0) is 48.9 Å². The third-order valence-corrected chi connectivity index (χ3v) is 3.78. The Labute approximate surface area is 140 Å². The average molecular weight is 318 g/mol. The Morgan fingerprint density at radius 3 is 2.75 bits per heavy atom. The van der Waals surface area contributed by atoms with Crippen LogP contribution < -0.4 is 4.90 Å². The Bertz CT molecular complexity index is 903. The summed E-state index contributed by atoms with van der Waals surface area (Å²) in [6.07, 6.45) is 2.73. The molecule has 120 valence electrons. The van der Waals surface area contributed by atoms with Crippen LogP contribution in [0, 0.1) is 0 Å². The van der Waals surface area contributed by atoms with E-state index < -0.39 is 5.97 Å². The molecule has 2 aromatic carbocycles. The highest BCUT2D eigenvalue weighted by Crippen LogP contribution is 2.26. The molecule has 0 atom stereocenters. The van der Waals surface area contributed by atoms with Crippen molar-refractivity contribution in [2.75, 3.05) is 11.4 Å². The van der Waals surface area contributed by atoms with E-state index in [0.29, 0.717) is 0 Å². The van der Waals surface area contributed by atoms with Gasteiger partial charge in [-0.2, -0.15) is 0 Å². The zero-order valence-electron chi connectivity index (χ0n) is 13.4. The fourth-order valence-corrected chi connectivity index (χ4v) is 2.65. The van der Waals surface area contributed by atoms with Crippen molar-refractivity contribution in [3.63, 3.8) is 0 Å². The molecule has 0 saturated carbocycles. The highest BCUT2D eigenvalue weighted by molar-refractivity contribution is 5.85. The van der Waals surface area contributed by atoms with Gasteiger partial charge >= 0.3 is 5.97 Å². The van der Waals surface area contributed by atoms with Gasteiger partial charge in [0.1, 0.15) is 5.82 Å². The number of carbonyl (C=O) groups is 1. The number of anilines is 2. The zero-order valence-corrected chi connectivity index (χ0v) is 13.4. The Morgan fingerprint density at radius 1 is 1.12 bits per heavy atom. The molecule has 0 fully saturated rings. The summed E-state index contributed by atoms with van der Waals surface area (Å²) in [6, 6.07) is 19.8. The highest BCUT2D eigenvalue weighted by atomic mass is 16.4. The number of carboxylic acid groups (broad SMARTS) is 1. The van der Waals surface area contributed by atoms with Crippen LogP contribution in [0.2, 0.25) is 0 Å². The highest BCUT2D eigenvalue weighted by Gasteiger charge is 2.09. The van der Waals surface area contributed by atoms with E-state index in [9.17, 15) is 4.79 Å². The first-order valence-electron chi connectivity index (χ1n) is 7.82. The molecule has 0 unspecified atom stereocenters. The number of aliphatic carboxylic acids is 1. The fraction of sp³-hybridized carbons (Fsp3) is 0.100. The molecule has 0 amide bonds. The quantitative estimate of drug-likeness (QED) is 0.704. The topological polar surface area (TPSA) is 53.4 Å². The number of benzene rings is 2. The van der Waals surface area contributed by atoms with Crippen LogP contribution in [0.1, 0.15) is 12.5 Å². The van der Waals surface area contributed by atoms with Crippen LogP contribution in [-0.4, -0.2) is 22.6 Å². The second-order valence-electron chi connectivity index (χ2n) is 5.37. The molecule has 3 rings (SSSR count). The van der Waals surface area contributed by atoms with Crippen molar-refractivity contribution in [1.82, 2.24) is 4.98 Å². The van der Waals surface area contributed by atoms with Crippen LogP contribution >= 0.6 is 0 Å². The zero-order chi connectivity index (χ0) is 16.9. The van der Waals surface area contributed by atoms with Gasteiger partial charge in [0.15, 0.2) is 0 Å². The van der Waals surface area contributed by atoms with Crippen molar-refractivity contribution in [2.45, 2.75) is 6.92 Å². The van der Waals surface area contributed by atoms with Gasteiger partial charge in [-0.1, -0.05) is 30.3 Å². The number of nitrogens with zero attached hydrogens (tertiary/aromatic N) is 2. The maximum absolute atomic E-state index is 10.7. The summed E-state index contributed by atoms with van der Waals surface area (Å²) in [4.78, 5) is 17.5. The minimum Gasteiger partial charge on any atom is -0.478 e. The average Bonchev–Trinajstić information content (AvgIpc) is 2.61. The molecule has 0 aliphatic heterocycles. The molecule has 0 aliphatic carbocycles. The fourth-order valence-electron chi connectivity index (χ4n) is 2.65. The molecular formula is C20H18N2O2. The number of rotatable bonds is 5. The summed E-state index contributed by atoms with van der Waals surface area (Å²) in [7, 11) is 0. The van der Waals surface area contributed by atoms with Crippen molar-refractivity contribution in [3.05, 3.63) is 72.3 Å². The number of hydrogen-bond donors (Lipinski definition) is 1. The minimum absolute atomic E-state index is 0.761. The van der Waals surface area contributed by atoms with Crippen molar-refractivity contribution in [2.24, 2.45) is 0 Å². The van der Waals surface area contributed by atoms with Crippen LogP contribution in [-0.2, 0) is 4.79 Å². The van der Waals surface area contributed by atoms with Gasteiger partial charge in [0.25, 0.3) is 0 Å². The van der Waals surface area contributed by atoms with Gasteiger partial charge in [0.05, 0.1) is 5.52 Å². The van der Waals surface area contributed by atoms with E-state index in [1.165, 1.54) is 0 Å². The monoisotopic (exact) mass is 318 g/mol. The SMILES string of the molecule is CCN(c1cccc(/C=C/C(=O)O)c1)c1ccc2ccccc2n1. The van der Waals surface area contributed by atoms with Crippen LogP contribution in [0.15, 0.2) is 66.7 Å². The lowest BCUT2D eigenvalue weighted by atomic mass is 10.1. The number of para-hydroxylation sites is 1. The van der Waals surface area contributed by atoms with Gasteiger partial charge in [-0.15, -0.1) is 0 Å². The Hall–Kier alpha value is -3.14. The summed E-state index contributed by atoms with van der Waals surface area (Å²) in [5.74, 6) is -0.0838. The van der Waals surface area contributed by atoms with Gasteiger partial charge in [-0.3, -0.25) is 0 Å². The predicted molar refractivity (Wildman–Crippen MR) is 97.5 cm³/mol. The van der Waals surface area contributed by atoms with E-state index in [1.807, 2.05) is 54.6 Å². The molecule has 3 aromatic rings. The molecule has 4 heteroatoms. The van der Waals surface area contributed by atoms with E-state index in [-0.39, 0.29) is 0 Å². The van der Waals surface area contributed by atoms with E-state index in [1.54, 1.807) is 6.08 Å². The number of hydrogen-bond acceptors (Lipinski definition) is 3. The Morgan fingerprint density at radius 2 is 1.96 bits per heavy atom. The smallest absolute Gasteiger partial charge is 0.328 e. The van der Waals surface area contributed by atoms with E-state index in [4.69, 9.17) is 10.1 Å². The molecule has 0 spiro atoms. The van der Waals surface area contributed by atoms with Gasteiger partial charge in [0.2, 0.25) is 0 Å². The maximum atomic E-state index is 10.7. The molecular weight excluding hydrogens is 300 g/mol. The summed E-state index contributed by atoms with van der Waals surface area (Å²) in [5.41, 5.74) is 2.78. The van der Waals surface area contributed by atoms with E-state index >= 15 is 0 Å². The molecule has 1 N–H and O–H groups in total. The standard InChI is InChI=1S/C20H18N2O2/c1-2-22(17-8-5-6-15(14-17)10-13-20(23)24)19-12-11-16-7-3-4-9-18(16)21-19/h3-14H,2H2,1H3,(H,23,24)/b13-10+. The summed E-state index contributed by atoms with van der Waals surface area (Å²) in [5, 5.41) is 9.88. The van der Waals surface area contributed by atoms with Crippen LogP contribution in [0.3, 0.4) is 0 Å². The molecule has 0 aliphatic rings. The largest absolute Gasteiger partial charge is 0.478 e. The molecule has 0 saturated heterocycles. The lowest BCUT2D eigenvalue weighted by Gasteiger charge is -2.22. The summed E-state index contributed by atoms with van der Waals surface area (Å²) in [6.45, 7) is 2.83. The van der Waals surface area contributed by atoms with Crippen molar-refractivity contribution in [1.29, 1.82) is 0 Å². The van der Waals surface area contributed by atoms with Crippen molar-refractivity contribution >= 4 is 34.5 Å². The van der Waals surface area contributed by atoms with Crippen LogP contribution in [0.25, 0.3) is 17.0 Å². The molecule has 4 nitrogen and oxygen atoms in total. The van der Waals surface area contributed by atoms with Gasteiger partial charge < -0.3 is 10.0 Å². The number of aromatic nitrogens is 1. The molecule has 1 heterocycles. The lowest BCUT2D eigenvalue weighted by molar-refractivity contribution is -0.131. The Balaban J connectivity index is 1.98. The molecule has 0 radical (unpaired) electrons. The molecule has 1 aromatic heterocycles. The predicted octanol–water partition coefficient (Wildman–Crippen LogP) is 4.49. The van der Waals surface area contributed by atoms with Crippen LogP contribution in [0.5, 0.6) is 0 Å². The first kappa shape index (κ1) is 15.7. The van der Waals surface area contributed by atoms with E-state index in [0.717, 1.165) is 40.6 Å². The Kier molecular flexibility index (Phi) is 4.57. The number of fused-ring (bicyclic) bond motifs is 1. The maximum Gasteiger partial charge on any atom is 0.328 e. The third-order valence-electron chi connectivity index (χ3n) is 3.78. The summed E-state index contributed by atoms with van der Waals surface area (Å²) < 4.78 is 0. The van der Waals surface area contributed by atoms with E-state index in [2.05, 4.69) is 17.9 Å². The number of pyridine rings is 1. The van der Waals surface area contributed by atoms with Crippen molar-refractivity contribution in [3.8, 4) is 0 Å². The molecule has 0 bridgehead atoms. The minimum atomic E-state index is -0.955.